The smallest absolute Gasteiger partial charge is 0.315 e. The third-order valence-corrected chi connectivity index (χ3v) is 10.6. The Balaban J connectivity index is 1.42. The Morgan fingerprint density at radius 1 is 1.18 bits per heavy atom. The molecule has 0 aromatic carbocycles. The van der Waals surface area contributed by atoms with Gasteiger partial charge in [-0.15, -0.1) is 0 Å². The first-order chi connectivity index (χ1) is 18.0. The van der Waals surface area contributed by atoms with E-state index in [1.807, 2.05) is 13.0 Å². The van der Waals surface area contributed by atoms with Crippen LogP contribution in [0.1, 0.15) is 91.9 Å². The Kier molecular flexibility index (Phi) is 9.11. The van der Waals surface area contributed by atoms with Crippen molar-refractivity contribution in [1.29, 1.82) is 0 Å². The van der Waals surface area contributed by atoms with Crippen LogP contribution in [0.25, 0.3) is 0 Å². The lowest BCUT2D eigenvalue weighted by Gasteiger charge is -2.44. The predicted octanol–water partition coefficient (Wildman–Crippen LogP) is 6.05. The van der Waals surface area contributed by atoms with Crippen molar-refractivity contribution in [2.24, 2.45) is 34.5 Å². The molecule has 212 valence electrons. The van der Waals surface area contributed by atoms with E-state index in [1.54, 1.807) is 0 Å². The van der Waals surface area contributed by atoms with Crippen LogP contribution >= 0.6 is 0 Å². The van der Waals surface area contributed by atoms with Gasteiger partial charge in [-0.1, -0.05) is 70.6 Å². The van der Waals surface area contributed by atoms with Gasteiger partial charge in [0.25, 0.3) is 0 Å². The quantitative estimate of drug-likeness (QED) is 0.193. The van der Waals surface area contributed by atoms with Crippen molar-refractivity contribution in [3.8, 4) is 0 Å². The summed E-state index contributed by atoms with van der Waals surface area (Å²) in [6.45, 7) is 13.2. The zero-order chi connectivity index (χ0) is 27.7. The summed E-state index contributed by atoms with van der Waals surface area (Å²) in [7, 11) is 0. The van der Waals surface area contributed by atoms with Gasteiger partial charge >= 0.3 is 5.97 Å². The van der Waals surface area contributed by atoms with E-state index in [1.165, 1.54) is 12.0 Å². The molecule has 4 fully saturated rings. The Labute approximate surface area is 229 Å². The first-order valence-electron chi connectivity index (χ1n) is 15.0. The van der Waals surface area contributed by atoms with Crippen molar-refractivity contribution in [1.82, 2.24) is 0 Å². The molecule has 0 aromatic heterocycles. The highest BCUT2D eigenvalue weighted by atomic mass is 16.5. The Morgan fingerprint density at radius 3 is 2.61 bits per heavy atom. The number of aliphatic hydroxyl groups excluding tert-OH is 3. The van der Waals surface area contributed by atoms with Gasteiger partial charge in [-0.3, -0.25) is 4.79 Å². The average Bonchev–Trinajstić information content (AvgIpc) is 3.63. The Bertz CT molecular complexity index is 972. The summed E-state index contributed by atoms with van der Waals surface area (Å²) in [4.78, 5) is 12.6. The number of unbranched alkanes of at least 4 members (excludes halogenated alkanes) is 1. The maximum Gasteiger partial charge on any atom is 0.315 e. The molecule has 5 nitrogen and oxygen atoms in total. The maximum atomic E-state index is 12.6. The molecular formula is C33H50O5. The molecule has 0 radical (unpaired) electrons. The number of esters is 1. The van der Waals surface area contributed by atoms with Crippen LogP contribution in [0.3, 0.4) is 0 Å². The lowest BCUT2D eigenvalue weighted by atomic mass is 9.61. The number of hydrogen-bond donors (Lipinski definition) is 3. The summed E-state index contributed by atoms with van der Waals surface area (Å²) in [5.74, 6) is 0.931. The number of carbonyl (C=O) groups excluding carboxylic acids is 1. The van der Waals surface area contributed by atoms with Crippen molar-refractivity contribution in [2.75, 3.05) is 6.61 Å². The zero-order valence-electron chi connectivity index (χ0n) is 24.0. The molecule has 0 bridgehead atoms. The molecule has 0 saturated heterocycles. The van der Waals surface area contributed by atoms with E-state index in [4.69, 9.17) is 4.74 Å². The number of rotatable bonds is 9. The van der Waals surface area contributed by atoms with Gasteiger partial charge in [-0.05, 0) is 92.1 Å². The predicted molar refractivity (Wildman–Crippen MR) is 151 cm³/mol. The molecule has 0 heterocycles. The van der Waals surface area contributed by atoms with Crippen molar-refractivity contribution in [3.05, 3.63) is 47.6 Å². The summed E-state index contributed by atoms with van der Waals surface area (Å²) in [5, 5.41) is 31.8. The fourth-order valence-electron chi connectivity index (χ4n) is 7.59. The third-order valence-electron chi connectivity index (χ3n) is 10.6. The fraction of sp³-hybridized carbons (Fsp3) is 0.727. The highest BCUT2D eigenvalue weighted by molar-refractivity contribution is 5.81. The highest BCUT2D eigenvalue weighted by Crippen LogP contribution is 2.59. The second kappa shape index (κ2) is 11.8. The first-order valence-corrected chi connectivity index (χ1v) is 15.0. The van der Waals surface area contributed by atoms with Crippen LogP contribution in [-0.2, 0) is 9.53 Å². The van der Waals surface area contributed by atoms with Gasteiger partial charge in [-0.25, -0.2) is 0 Å². The van der Waals surface area contributed by atoms with Crippen LogP contribution in [0.2, 0.25) is 0 Å². The normalized spacial score (nSPS) is 38.4. The lowest BCUT2D eigenvalue weighted by molar-refractivity contribution is -0.153. The zero-order valence-corrected chi connectivity index (χ0v) is 24.0. The van der Waals surface area contributed by atoms with Crippen LogP contribution in [0.15, 0.2) is 47.6 Å². The molecule has 4 rings (SSSR count). The van der Waals surface area contributed by atoms with E-state index in [9.17, 15) is 20.1 Å². The van der Waals surface area contributed by atoms with Gasteiger partial charge in [0, 0.05) is 5.92 Å². The number of carbonyl (C=O) groups is 1. The average molecular weight is 527 g/mol. The lowest BCUT2D eigenvalue weighted by Crippen LogP contribution is -2.36. The van der Waals surface area contributed by atoms with E-state index in [2.05, 4.69) is 45.6 Å². The topological polar surface area (TPSA) is 87.0 Å². The van der Waals surface area contributed by atoms with Gasteiger partial charge in [-0.2, -0.15) is 0 Å². The van der Waals surface area contributed by atoms with Crippen molar-refractivity contribution in [3.63, 3.8) is 0 Å². The number of allylic oxidation sites excluding steroid dienone is 4. The Hall–Kier alpha value is -1.69. The third kappa shape index (κ3) is 5.62. The standard InChI is InChI=1S/C33H50O5/c1-6-7-19-38-31(37)33(17-18-33)29(35)15-10-21(2)26-13-14-27-24(9-8-16-32(26,27)5)11-12-25-20-28(34)23(4)30(36)22(25)3/h10-12,15,21,23,26-30,34-36H,3,6-9,13-14,16-20H2,1-2,4-5H3/t21-,23+,26-,27+,28+,29-,30-,32-/m1/s1. The van der Waals surface area contributed by atoms with Crippen molar-refractivity contribution in [2.45, 2.75) is 110 Å². The number of aliphatic hydroxyl groups is 3. The van der Waals surface area contributed by atoms with E-state index in [-0.39, 0.29) is 17.3 Å². The molecule has 0 amide bonds. The SMILES string of the molecule is C=C1C(=CC=C2CCC[C@]3(C)[C@@H]([C@H](C)C=C[C@@H](O)C4(C(=O)OCCCC)CC4)CC[C@@H]23)C[C@H](O)[C@H](C)[C@@H]1O. The molecule has 8 atom stereocenters. The second-order valence-corrected chi connectivity index (χ2v) is 13.0. The van der Waals surface area contributed by atoms with E-state index >= 15 is 0 Å². The second-order valence-electron chi connectivity index (χ2n) is 13.0. The Morgan fingerprint density at radius 2 is 1.92 bits per heavy atom. The molecule has 4 aliphatic rings. The first kappa shape index (κ1) is 29.3. The van der Waals surface area contributed by atoms with Crippen LogP contribution in [-0.4, -0.2) is 46.2 Å². The van der Waals surface area contributed by atoms with Gasteiger partial charge in [0.2, 0.25) is 0 Å². The van der Waals surface area contributed by atoms with E-state index < -0.39 is 23.7 Å². The van der Waals surface area contributed by atoms with Gasteiger partial charge in [0.1, 0.15) is 0 Å². The summed E-state index contributed by atoms with van der Waals surface area (Å²) < 4.78 is 5.45. The molecule has 4 aliphatic carbocycles. The van der Waals surface area contributed by atoms with Gasteiger partial charge < -0.3 is 20.1 Å². The minimum atomic E-state index is -0.783. The van der Waals surface area contributed by atoms with Crippen LogP contribution < -0.4 is 0 Å². The number of ether oxygens (including phenoxy) is 1. The highest BCUT2D eigenvalue weighted by Gasteiger charge is 2.56. The molecule has 0 spiro atoms. The molecule has 0 aliphatic heterocycles. The molecule has 38 heavy (non-hydrogen) atoms. The van der Waals surface area contributed by atoms with E-state index in [0.717, 1.165) is 49.7 Å². The van der Waals surface area contributed by atoms with Crippen molar-refractivity contribution < 1.29 is 24.9 Å². The number of fused-ring (bicyclic) bond motifs is 1. The minimum Gasteiger partial charge on any atom is -0.465 e. The van der Waals surface area contributed by atoms with E-state index in [0.29, 0.717) is 43.6 Å². The molecule has 4 saturated carbocycles. The molecule has 3 N–H and O–H groups in total. The summed E-state index contributed by atoms with van der Waals surface area (Å²) in [6.07, 6.45) is 15.9. The molecular weight excluding hydrogens is 476 g/mol. The monoisotopic (exact) mass is 526 g/mol. The number of hydrogen-bond acceptors (Lipinski definition) is 5. The molecule has 5 heteroatoms. The van der Waals surface area contributed by atoms with Crippen LogP contribution in [0.4, 0.5) is 0 Å². The van der Waals surface area contributed by atoms with Crippen LogP contribution in [0, 0.1) is 34.5 Å². The summed E-state index contributed by atoms with van der Waals surface area (Å²) >= 11 is 0. The molecule has 0 unspecified atom stereocenters. The van der Waals surface area contributed by atoms with Gasteiger partial charge in [0.15, 0.2) is 0 Å². The van der Waals surface area contributed by atoms with Crippen molar-refractivity contribution >= 4 is 5.97 Å². The van der Waals surface area contributed by atoms with Crippen LogP contribution in [0.5, 0.6) is 0 Å². The summed E-state index contributed by atoms with van der Waals surface area (Å²) in [5.41, 5.74) is 2.65. The molecule has 0 aromatic rings. The summed E-state index contributed by atoms with van der Waals surface area (Å²) in [6, 6.07) is 0. The fourth-order valence-corrected chi connectivity index (χ4v) is 7.59. The van der Waals surface area contributed by atoms with Gasteiger partial charge in [0.05, 0.1) is 30.3 Å². The largest absolute Gasteiger partial charge is 0.465 e. The minimum absolute atomic E-state index is 0.185. The maximum absolute atomic E-state index is 12.6.